The van der Waals surface area contributed by atoms with Gasteiger partial charge in [0, 0.05) is 24.2 Å². The van der Waals surface area contributed by atoms with E-state index in [1.54, 1.807) is 24.1 Å². The minimum absolute atomic E-state index is 0.0000889. The summed E-state index contributed by atoms with van der Waals surface area (Å²) >= 11 is 7.09. The van der Waals surface area contributed by atoms with Gasteiger partial charge in [0.1, 0.15) is 0 Å². The number of benzene rings is 2. The molecule has 2 aromatic carbocycles. The van der Waals surface area contributed by atoms with E-state index >= 15 is 0 Å². The van der Waals surface area contributed by atoms with Crippen molar-refractivity contribution in [1.82, 2.24) is 15.1 Å². The monoisotopic (exact) mass is 373 g/mol. The quantitative estimate of drug-likeness (QED) is 0.608. The lowest BCUT2D eigenvalue weighted by Crippen LogP contribution is -2.27. The molecule has 0 spiro atoms. The topological polar surface area (TPSA) is 59.2 Å². The first-order valence-electron chi connectivity index (χ1n) is 7.62. The van der Waals surface area contributed by atoms with Gasteiger partial charge in [-0.15, -0.1) is 10.2 Å². The largest absolute Gasteiger partial charge is 0.411 e. The molecule has 3 rings (SSSR count). The number of nitrogens with zero attached hydrogens (tertiary/aromatic N) is 3. The number of aromatic nitrogens is 2. The lowest BCUT2D eigenvalue weighted by molar-refractivity contribution is -0.127. The van der Waals surface area contributed by atoms with Crippen LogP contribution in [0, 0.1) is 0 Å². The van der Waals surface area contributed by atoms with E-state index in [0.717, 1.165) is 11.1 Å². The normalized spacial score (nSPS) is 10.6. The molecule has 1 aromatic heterocycles. The van der Waals surface area contributed by atoms with Crippen LogP contribution in [0.3, 0.4) is 0 Å². The van der Waals surface area contributed by atoms with Crippen molar-refractivity contribution in [3.8, 4) is 11.5 Å². The van der Waals surface area contributed by atoms with Gasteiger partial charge in [-0.3, -0.25) is 4.79 Å². The summed E-state index contributed by atoms with van der Waals surface area (Å²) in [4.78, 5) is 13.9. The molecule has 7 heteroatoms. The second-order valence-corrected chi connectivity index (χ2v) is 6.77. The molecule has 25 heavy (non-hydrogen) atoms. The van der Waals surface area contributed by atoms with Gasteiger partial charge < -0.3 is 9.32 Å². The maximum atomic E-state index is 12.2. The molecule has 1 amide bonds. The Balaban J connectivity index is 1.54. The highest BCUT2D eigenvalue weighted by atomic mass is 35.5. The first-order valence-corrected chi connectivity index (χ1v) is 8.98. The molecule has 0 radical (unpaired) electrons. The molecular weight excluding hydrogens is 358 g/mol. The number of thioether (sulfide) groups is 1. The highest BCUT2D eigenvalue weighted by Gasteiger charge is 2.14. The van der Waals surface area contributed by atoms with Crippen molar-refractivity contribution in [2.24, 2.45) is 0 Å². The first-order chi connectivity index (χ1) is 12.1. The molecule has 0 aliphatic rings. The van der Waals surface area contributed by atoms with Gasteiger partial charge in [-0.1, -0.05) is 53.7 Å². The van der Waals surface area contributed by atoms with Crippen LogP contribution in [0.4, 0.5) is 0 Å². The summed E-state index contributed by atoms with van der Waals surface area (Å²) in [6, 6.07) is 17.0. The van der Waals surface area contributed by atoms with E-state index in [1.165, 1.54) is 11.8 Å². The molecule has 0 N–H and O–H groups in total. The fourth-order valence-corrected chi connectivity index (χ4v) is 2.99. The zero-order chi connectivity index (χ0) is 17.6. The van der Waals surface area contributed by atoms with Crippen molar-refractivity contribution in [2.45, 2.75) is 11.8 Å². The van der Waals surface area contributed by atoms with Crippen LogP contribution < -0.4 is 0 Å². The first kappa shape index (κ1) is 17.5. The minimum Gasteiger partial charge on any atom is -0.411 e. The second kappa shape index (κ2) is 8.18. The summed E-state index contributed by atoms with van der Waals surface area (Å²) in [6.45, 7) is 0.570. The third kappa shape index (κ3) is 4.84. The minimum atomic E-state index is 0.0000889. The summed E-state index contributed by atoms with van der Waals surface area (Å²) in [5.41, 5.74) is 1.88. The Morgan fingerprint density at radius 2 is 1.84 bits per heavy atom. The summed E-state index contributed by atoms with van der Waals surface area (Å²) < 4.78 is 5.58. The van der Waals surface area contributed by atoms with Crippen molar-refractivity contribution >= 4 is 29.3 Å². The molecule has 0 saturated carbocycles. The Morgan fingerprint density at radius 3 is 2.56 bits per heavy atom. The highest BCUT2D eigenvalue weighted by molar-refractivity contribution is 7.99. The molecule has 0 unspecified atom stereocenters. The molecule has 0 aliphatic heterocycles. The summed E-state index contributed by atoms with van der Waals surface area (Å²) in [6.07, 6.45) is 0. The van der Waals surface area contributed by atoms with E-state index in [-0.39, 0.29) is 11.7 Å². The predicted molar refractivity (Wildman–Crippen MR) is 98.4 cm³/mol. The maximum absolute atomic E-state index is 12.2. The molecule has 0 fully saturated rings. The molecule has 0 aliphatic carbocycles. The molecule has 0 saturated heterocycles. The van der Waals surface area contributed by atoms with E-state index < -0.39 is 0 Å². The Hall–Kier alpha value is -2.31. The van der Waals surface area contributed by atoms with Gasteiger partial charge in [0.2, 0.25) is 11.8 Å². The van der Waals surface area contributed by atoms with Gasteiger partial charge in [0.15, 0.2) is 0 Å². The molecule has 3 aromatic rings. The zero-order valence-electron chi connectivity index (χ0n) is 13.6. The fraction of sp³-hybridized carbons (Fsp3) is 0.167. The van der Waals surface area contributed by atoms with Crippen molar-refractivity contribution < 1.29 is 9.21 Å². The molecule has 128 valence electrons. The predicted octanol–water partition coefficient (Wildman–Crippen LogP) is 4.14. The Bertz CT molecular complexity index is 837. The molecule has 1 heterocycles. The van der Waals surface area contributed by atoms with Crippen LogP contribution in [0.1, 0.15) is 5.56 Å². The van der Waals surface area contributed by atoms with Crippen LogP contribution in [0.25, 0.3) is 11.5 Å². The van der Waals surface area contributed by atoms with Gasteiger partial charge >= 0.3 is 0 Å². The highest BCUT2D eigenvalue weighted by Crippen LogP contribution is 2.24. The Kier molecular flexibility index (Phi) is 5.73. The van der Waals surface area contributed by atoms with E-state index in [2.05, 4.69) is 10.2 Å². The van der Waals surface area contributed by atoms with Gasteiger partial charge in [0.25, 0.3) is 5.22 Å². The van der Waals surface area contributed by atoms with Gasteiger partial charge in [-0.2, -0.15) is 0 Å². The van der Waals surface area contributed by atoms with E-state index in [9.17, 15) is 4.79 Å². The van der Waals surface area contributed by atoms with Gasteiger partial charge in [-0.05, 0) is 29.8 Å². The molecular formula is C18H16ClN3O2S. The van der Waals surface area contributed by atoms with Crippen LogP contribution in [0.2, 0.25) is 5.02 Å². The van der Waals surface area contributed by atoms with Crippen LogP contribution in [0.15, 0.2) is 64.2 Å². The standard InChI is InChI=1S/C18H16ClN3O2S/c1-22(11-13-5-3-2-4-6-13)16(23)12-25-18-21-20-17(24-18)14-7-9-15(19)10-8-14/h2-10H,11-12H2,1H3. The van der Waals surface area contributed by atoms with Gasteiger partial charge in [0.05, 0.1) is 5.75 Å². The SMILES string of the molecule is CN(Cc1ccccc1)C(=O)CSc1nnc(-c2ccc(Cl)cc2)o1. The summed E-state index contributed by atoms with van der Waals surface area (Å²) in [5.74, 6) is 0.648. The number of rotatable bonds is 6. The smallest absolute Gasteiger partial charge is 0.277 e. The van der Waals surface area contributed by atoms with Crippen molar-refractivity contribution in [3.05, 3.63) is 65.2 Å². The van der Waals surface area contributed by atoms with E-state index in [4.69, 9.17) is 16.0 Å². The second-order valence-electron chi connectivity index (χ2n) is 5.40. The number of hydrogen-bond acceptors (Lipinski definition) is 5. The number of carbonyl (C=O) groups excluding carboxylic acids is 1. The van der Waals surface area contributed by atoms with E-state index in [1.807, 2.05) is 42.5 Å². The fourth-order valence-electron chi connectivity index (χ4n) is 2.16. The number of hydrogen-bond donors (Lipinski definition) is 0. The van der Waals surface area contributed by atoms with Crippen molar-refractivity contribution in [2.75, 3.05) is 12.8 Å². The van der Waals surface area contributed by atoms with Crippen LogP contribution in [-0.2, 0) is 11.3 Å². The average Bonchev–Trinajstić information content (AvgIpc) is 3.10. The Morgan fingerprint density at radius 1 is 1.12 bits per heavy atom. The zero-order valence-corrected chi connectivity index (χ0v) is 15.1. The van der Waals surface area contributed by atoms with Crippen molar-refractivity contribution in [1.29, 1.82) is 0 Å². The third-order valence-electron chi connectivity index (χ3n) is 3.51. The summed E-state index contributed by atoms with van der Waals surface area (Å²) in [5, 5.41) is 8.98. The van der Waals surface area contributed by atoms with Crippen LogP contribution >= 0.6 is 23.4 Å². The summed E-state index contributed by atoms with van der Waals surface area (Å²) in [7, 11) is 1.78. The lowest BCUT2D eigenvalue weighted by atomic mass is 10.2. The third-order valence-corrected chi connectivity index (χ3v) is 4.56. The molecule has 5 nitrogen and oxygen atoms in total. The molecule has 0 atom stereocenters. The Labute approximate surface area is 155 Å². The lowest BCUT2D eigenvalue weighted by Gasteiger charge is -2.16. The maximum Gasteiger partial charge on any atom is 0.277 e. The number of halogens is 1. The van der Waals surface area contributed by atoms with Gasteiger partial charge in [-0.25, -0.2) is 0 Å². The number of carbonyl (C=O) groups is 1. The van der Waals surface area contributed by atoms with Crippen LogP contribution in [0.5, 0.6) is 0 Å². The van der Waals surface area contributed by atoms with Crippen molar-refractivity contribution in [3.63, 3.8) is 0 Å². The number of amides is 1. The average molecular weight is 374 g/mol. The van der Waals surface area contributed by atoms with Crippen LogP contribution in [-0.4, -0.2) is 33.8 Å². The van der Waals surface area contributed by atoms with E-state index in [0.29, 0.717) is 22.7 Å². The molecule has 0 bridgehead atoms.